The second-order valence-corrected chi connectivity index (χ2v) is 5.96. The molecule has 2 unspecified atom stereocenters. The predicted molar refractivity (Wildman–Crippen MR) is 82.4 cm³/mol. The van der Waals surface area contributed by atoms with Crippen LogP contribution in [0.1, 0.15) is 54.9 Å². The smallest absolute Gasteiger partial charge is 0.231 e. The van der Waals surface area contributed by atoms with Crippen LogP contribution in [0.2, 0.25) is 0 Å². The molecule has 2 aromatic rings. The first-order chi connectivity index (χ1) is 10.2. The van der Waals surface area contributed by atoms with E-state index in [1.165, 1.54) is 11.1 Å². The van der Waals surface area contributed by atoms with Crippen molar-refractivity contribution in [1.82, 2.24) is 15.5 Å². The van der Waals surface area contributed by atoms with Gasteiger partial charge in [0.25, 0.3) is 0 Å². The maximum Gasteiger partial charge on any atom is 0.231 e. The van der Waals surface area contributed by atoms with Crippen molar-refractivity contribution in [2.45, 2.75) is 51.0 Å². The molecule has 4 heteroatoms. The summed E-state index contributed by atoms with van der Waals surface area (Å²) < 4.78 is 5.52. The van der Waals surface area contributed by atoms with E-state index in [0.717, 1.165) is 31.0 Å². The topological polar surface area (TPSA) is 51.0 Å². The number of rotatable bonds is 5. The highest BCUT2D eigenvalue weighted by molar-refractivity contribution is 5.34. The molecule has 4 nitrogen and oxygen atoms in total. The molecule has 1 heterocycles. The highest BCUT2D eigenvalue weighted by Crippen LogP contribution is 2.33. The minimum absolute atomic E-state index is 0.241. The highest BCUT2D eigenvalue weighted by Gasteiger charge is 2.28. The van der Waals surface area contributed by atoms with E-state index in [-0.39, 0.29) is 5.92 Å². The summed E-state index contributed by atoms with van der Waals surface area (Å²) in [6.07, 6.45) is 3.09. The van der Waals surface area contributed by atoms with Gasteiger partial charge in [-0.15, -0.1) is 0 Å². The van der Waals surface area contributed by atoms with Crippen molar-refractivity contribution in [3.05, 3.63) is 47.1 Å². The van der Waals surface area contributed by atoms with Crippen LogP contribution < -0.4 is 5.32 Å². The molecular weight excluding hydrogens is 262 g/mol. The van der Waals surface area contributed by atoms with Crippen LogP contribution in [0.3, 0.4) is 0 Å². The summed E-state index contributed by atoms with van der Waals surface area (Å²) in [7, 11) is 1.98. The number of nitrogens with zero attached hydrogens (tertiary/aromatic N) is 2. The summed E-state index contributed by atoms with van der Waals surface area (Å²) >= 11 is 0. The third-order valence-electron chi connectivity index (χ3n) is 4.68. The monoisotopic (exact) mass is 285 g/mol. The van der Waals surface area contributed by atoms with Crippen LogP contribution in [0, 0.1) is 0 Å². The standard InChI is InChI=1S/C17H23N3O/c1-4-15(18-3)11(2)17-19-16(20-21-17)14-9-12-7-5-6-8-13(12)10-14/h5-8,11,14-15,18H,4,9-10H2,1-3H3. The maximum absolute atomic E-state index is 5.52. The van der Waals surface area contributed by atoms with Gasteiger partial charge in [0.2, 0.25) is 5.89 Å². The van der Waals surface area contributed by atoms with Crippen molar-refractivity contribution in [3.63, 3.8) is 0 Å². The second-order valence-electron chi connectivity index (χ2n) is 5.96. The highest BCUT2D eigenvalue weighted by atomic mass is 16.5. The Balaban J connectivity index is 1.75. The zero-order valence-electron chi connectivity index (χ0n) is 13.0. The molecule has 112 valence electrons. The predicted octanol–water partition coefficient (Wildman–Crippen LogP) is 3.05. The lowest BCUT2D eigenvalue weighted by Gasteiger charge is -2.18. The number of hydrogen-bond acceptors (Lipinski definition) is 4. The summed E-state index contributed by atoms with van der Waals surface area (Å²) in [6.45, 7) is 4.31. The quantitative estimate of drug-likeness (QED) is 0.917. The molecule has 3 rings (SSSR count). The first-order valence-electron chi connectivity index (χ1n) is 7.80. The zero-order valence-corrected chi connectivity index (χ0v) is 13.0. The fraction of sp³-hybridized carbons (Fsp3) is 0.529. The molecule has 0 radical (unpaired) electrons. The third-order valence-corrected chi connectivity index (χ3v) is 4.68. The van der Waals surface area contributed by atoms with Gasteiger partial charge in [-0.2, -0.15) is 4.98 Å². The molecule has 0 saturated heterocycles. The Morgan fingerprint density at radius 1 is 1.29 bits per heavy atom. The molecule has 1 aromatic carbocycles. The molecule has 0 aliphatic heterocycles. The molecule has 1 aliphatic carbocycles. The van der Waals surface area contributed by atoms with E-state index < -0.39 is 0 Å². The minimum Gasteiger partial charge on any atom is -0.339 e. The van der Waals surface area contributed by atoms with Gasteiger partial charge in [-0.1, -0.05) is 43.3 Å². The Bertz CT molecular complexity index is 579. The Kier molecular flexibility index (Phi) is 4.06. The average Bonchev–Trinajstić information content (AvgIpc) is 3.14. The van der Waals surface area contributed by atoms with Gasteiger partial charge in [0.05, 0.1) is 5.92 Å². The summed E-state index contributed by atoms with van der Waals surface area (Å²) in [5.41, 5.74) is 2.84. The normalized spacial score (nSPS) is 17.7. The van der Waals surface area contributed by atoms with Crippen LogP contribution in [0.5, 0.6) is 0 Å². The fourth-order valence-corrected chi connectivity index (χ4v) is 3.32. The van der Waals surface area contributed by atoms with Crippen molar-refractivity contribution in [2.75, 3.05) is 7.05 Å². The van der Waals surface area contributed by atoms with Crippen molar-refractivity contribution in [3.8, 4) is 0 Å². The Hall–Kier alpha value is -1.68. The first kappa shape index (κ1) is 14.3. The van der Waals surface area contributed by atoms with Crippen LogP contribution >= 0.6 is 0 Å². The molecule has 1 aromatic heterocycles. The largest absolute Gasteiger partial charge is 0.339 e. The number of likely N-dealkylation sites (N-methyl/N-ethyl adjacent to an activating group) is 1. The Morgan fingerprint density at radius 2 is 1.95 bits per heavy atom. The number of hydrogen-bond donors (Lipinski definition) is 1. The van der Waals surface area contributed by atoms with Gasteiger partial charge in [0, 0.05) is 12.0 Å². The van der Waals surface area contributed by atoms with Gasteiger partial charge >= 0.3 is 0 Å². The summed E-state index contributed by atoms with van der Waals surface area (Å²) in [5, 5.41) is 7.55. The van der Waals surface area contributed by atoms with Crippen molar-refractivity contribution >= 4 is 0 Å². The fourth-order valence-electron chi connectivity index (χ4n) is 3.32. The minimum atomic E-state index is 0.241. The van der Waals surface area contributed by atoms with Gasteiger partial charge in [0.15, 0.2) is 5.82 Å². The SMILES string of the molecule is CCC(NC)C(C)c1nc(C2Cc3ccccc3C2)no1. The van der Waals surface area contributed by atoms with Gasteiger partial charge in [-0.25, -0.2) is 0 Å². The van der Waals surface area contributed by atoms with Crippen LogP contribution in [0.4, 0.5) is 0 Å². The van der Waals surface area contributed by atoms with E-state index in [9.17, 15) is 0 Å². The first-order valence-corrected chi connectivity index (χ1v) is 7.80. The van der Waals surface area contributed by atoms with Gasteiger partial charge < -0.3 is 9.84 Å². The molecule has 0 fully saturated rings. The Morgan fingerprint density at radius 3 is 2.52 bits per heavy atom. The zero-order chi connectivity index (χ0) is 14.8. The lowest BCUT2D eigenvalue weighted by atomic mass is 9.99. The Labute approximate surface area is 126 Å². The van der Waals surface area contributed by atoms with E-state index >= 15 is 0 Å². The summed E-state index contributed by atoms with van der Waals surface area (Å²) in [5.74, 6) is 2.22. The third kappa shape index (κ3) is 2.72. The van der Waals surface area contributed by atoms with Crippen LogP contribution in [0.15, 0.2) is 28.8 Å². The molecule has 2 atom stereocenters. The van der Waals surface area contributed by atoms with Crippen LogP contribution in [-0.4, -0.2) is 23.2 Å². The molecule has 1 N–H and O–H groups in total. The van der Waals surface area contributed by atoms with Crippen molar-refractivity contribution in [1.29, 1.82) is 0 Å². The lowest BCUT2D eigenvalue weighted by Crippen LogP contribution is -2.30. The van der Waals surface area contributed by atoms with Gasteiger partial charge in [-0.05, 0) is 37.4 Å². The number of benzene rings is 1. The van der Waals surface area contributed by atoms with Crippen molar-refractivity contribution < 1.29 is 4.52 Å². The van der Waals surface area contributed by atoms with Gasteiger partial charge in [0.1, 0.15) is 0 Å². The number of fused-ring (bicyclic) bond motifs is 1. The molecule has 1 aliphatic rings. The molecular formula is C17H23N3O. The molecule has 0 bridgehead atoms. The van der Waals surface area contributed by atoms with Gasteiger partial charge in [-0.3, -0.25) is 0 Å². The molecule has 0 amide bonds. The summed E-state index contributed by atoms with van der Waals surface area (Å²) in [6, 6.07) is 8.98. The van der Waals surface area contributed by atoms with Crippen LogP contribution in [-0.2, 0) is 12.8 Å². The van der Waals surface area contributed by atoms with E-state index in [4.69, 9.17) is 4.52 Å². The second kappa shape index (κ2) is 5.98. The van der Waals surface area contributed by atoms with E-state index in [1.807, 2.05) is 7.05 Å². The van der Waals surface area contributed by atoms with E-state index in [0.29, 0.717) is 12.0 Å². The maximum atomic E-state index is 5.52. The lowest BCUT2D eigenvalue weighted by molar-refractivity contribution is 0.322. The van der Waals surface area contributed by atoms with E-state index in [2.05, 4.69) is 53.6 Å². The summed E-state index contributed by atoms with van der Waals surface area (Å²) in [4.78, 5) is 4.67. The molecule has 0 saturated carbocycles. The number of nitrogens with one attached hydrogen (secondary N) is 1. The van der Waals surface area contributed by atoms with Crippen LogP contribution in [0.25, 0.3) is 0 Å². The molecule has 0 spiro atoms. The van der Waals surface area contributed by atoms with Crippen molar-refractivity contribution in [2.24, 2.45) is 0 Å². The number of aromatic nitrogens is 2. The molecule has 21 heavy (non-hydrogen) atoms. The average molecular weight is 285 g/mol. The van der Waals surface area contributed by atoms with E-state index in [1.54, 1.807) is 0 Å².